The molecule has 0 aromatic heterocycles. The van der Waals surface area contributed by atoms with E-state index in [1.165, 1.54) is 6.07 Å². The summed E-state index contributed by atoms with van der Waals surface area (Å²) in [6.07, 6.45) is 0. The first-order chi connectivity index (χ1) is 10.2. The molecule has 0 aliphatic heterocycles. The van der Waals surface area contributed by atoms with Crippen molar-refractivity contribution in [2.45, 2.75) is 6.61 Å². The molecule has 0 aliphatic carbocycles. The molecule has 21 heavy (non-hydrogen) atoms. The SMILES string of the molecule is O=[N+]([O-])c1cc(OCc2ccccc2)ccc1NCCCl. The van der Waals surface area contributed by atoms with Gasteiger partial charge in [-0.15, -0.1) is 11.6 Å². The third-order valence-corrected chi connectivity index (χ3v) is 3.01. The highest BCUT2D eigenvalue weighted by Crippen LogP contribution is 2.29. The Hall–Kier alpha value is -2.27. The van der Waals surface area contributed by atoms with Crippen LogP contribution in [0, 0.1) is 10.1 Å². The molecular formula is C15H15ClN2O3. The van der Waals surface area contributed by atoms with Crippen molar-refractivity contribution in [2.24, 2.45) is 0 Å². The van der Waals surface area contributed by atoms with Gasteiger partial charge in [-0.25, -0.2) is 0 Å². The maximum Gasteiger partial charge on any atom is 0.296 e. The van der Waals surface area contributed by atoms with Crippen molar-refractivity contribution >= 4 is 23.0 Å². The number of hydrogen-bond donors (Lipinski definition) is 1. The number of anilines is 1. The number of hydrogen-bond acceptors (Lipinski definition) is 4. The lowest BCUT2D eigenvalue weighted by molar-refractivity contribution is -0.384. The number of nitrogens with one attached hydrogen (secondary N) is 1. The highest BCUT2D eigenvalue weighted by Gasteiger charge is 2.14. The van der Waals surface area contributed by atoms with E-state index >= 15 is 0 Å². The molecule has 0 radical (unpaired) electrons. The van der Waals surface area contributed by atoms with E-state index in [-0.39, 0.29) is 5.69 Å². The Morgan fingerprint density at radius 2 is 1.95 bits per heavy atom. The normalized spacial score (nSPS) is 10.1. The number of benzene rings is 2. The number of nitrogens with zero attached hydrogens (tertiary/aromatic N) is 1. The Balaban J connectivity index is 2.10. The van der Waals surface area contributed by atoms with Gasteiger partial charge >= 0.3 is 0 Å². The molecule has 0 unspecified atom stereocenters. The van der Waals surface area contributed by atoms with Crippen molar-refractivity contribution < 1.29 is 9.66 Å². The molecule has 0 spiro atoms. The second kappa shape index (κ2) is 7.50. The van der Waals surface area contributed by atoms with E-state index < -0.39 is 4.92 Å². The van der Waals surface area contributed by atoms with Crippen LogP contribution in [-0.4, -0.2) is 17.3 Å². The van der Waals surface area contributed by atoms with E-state index in [2.05, 4.69) is 5.32 Å². The Morgan fingerprint density at radius 3 is 2.62 bits per heavy atom. The highest BCUT2D eigenvalue weighted by molar-refractivity contribution is 6.18. The van der Waals surface area contributed by atoms with Crippen LogP contribution in [0.2, 0.25) is 0 Å². The topological polar surface area (TPSA) is 64.4 Å². The minimum Gasteiger partial charge on any atom is -0.489 e. The fourth-order valence-corrected chi connectivity index (χ4v) is 1.92. The zero-order valence-electron chi connectivity index (χ0n) is 11.3. The van der Waals surface area contributed by atoms with Crippen LogP contribution in [0.5, 0.6) is 5.75 Å². The molecule has 2 rings (SSSR count). The smallest absolute Gasteiger partial charge is 0.296 e. The number of rotatable bonds is 7. The summed E-state index contributed by atoms with van der Waals surface area (Å²) < 4.78 is 5.58. The van der Waals surface area contributed by atoms with E-state index in [0.717, 1.165) is 5.56 Å². The van der Waals surface area contributed by atoms with Crippen LogP contribution in [0.3, 0.4) is 0 Å². The lowest BCUT2D eigenvalue weighted by Crippen LogP contribution is -2.05. The first-order valence-corrected chi connectivity index (χ1v) is 6.99. The third kappa shape index (κ3) is 4.36. The standard InChI is InChI=1S/C15H15ClN2O3/c16-8-9-17-14-7-6-13(10-15(14)18(19)20)21-11-12-4-2-1-3-5-12/h1-7,10,17H,8-9,11H2. The van der Waals surface area contributed by atoms with Gasteiger partial charge in [-0.3, -0.25) is 10.1 Å². The Kier molecular flexibility index (Phi) is 5.40. The second-order valence-corrected chi connectivity index (χ2v) is 4.70. The van der Waals surface area contributed by atoms with Crippen molar-refractivity contribution in [1.82, 2.24) is 0 Å². The van der Waals surface area contributed by atoms with Crippen LogP contribution >= 0.6 is 11.6 Å². The van der Waals surface area contributed by atoms with Crippen molar-refractivity contribution in [3.05, 3.63) is 64.2 Å². The van der Waals surface area contributed by atoms with E-state index in [1.54, 1.807) is 12.1 Å². The maximum atomic E-state index is 11.1. The van der Waals surface area contributed by atoms with Crippen molar-refractivity contribution in [2.75, 3.05) is 17.7 Å². The van der Waals surface area contributed by atoms with Crippen LogP contribution in [0.15, 0.2) is 48.5 Å². The van der Waals surface area contributed by atoms with Crippen molar-refractivity contribution in [1.29, 1.82) is 0 Å². The van der Waals surface area contributed by atoms with Crippen molar-refractivity contribution in [3.63, 3.8) is 0 Å². The largest absolute Gasteiger partial charge is 0.489 e. The molecule has 0 amide bonds. The quantitative estimate of drug-likeness (QED) is 0.480. The summed E-state index contributed by atoms with van der Waals surface area (Å²) in [4.78, 5) is 10.6. The number of nitro groups is 1. The van der Waals surface area contributed by atoms with Crippen LogP contribution < -0.4 is 10.1 Å². The molecule has 0 fully saturated rings. The van der Waals surface area contributed by atoms with Gasteiger partial charge in [0.1, 0.15) is 18.0 Å². The van der Waals surface area contributed by atoms with E-state index in [9.17, 15) is 10.1 Å². The molecule has 0 atom stereocenters. The number of nitro benzene ring substituents is 1. The highest BCUT2D eigenvalue weighted by atomic mass is 35.5. The molecule has 0 bridgehead atoms. The first kappa shape index (κ1) is 15.1. The van der Waals surface area contributed by atoms with E-state index in [0.29, 0.717) is 30.5 Å². The molecular weight excluding hydrogens is 292 g/mol. The number of ether oxygens (including phenoxy) is 1. The molecule has 0 saturated carbocycles. The molecule has 0 aliphatic rings. The summed E-state index contributed by atoms with van der Waals surface area (Å²) in [5.74, 6) is 0.839. The summed E-state index contributed by atoms with van der Waals surface area (Å²) in [6.45, 7) is 0.832. The van der Waals surface area contributed by atoms with Gasteiger partial charge in [0.25, 0.3) is 5.69 Å². The van der Waals surface area contributed by atoms with Crippen LogP contribution in [0.4, 0.5) is 11.4 Å². The van der Waals surface area contributed by atoms with Gasteiger partial charge in [-0.05, 0) is 17.7 Å². The Labute approximate surface area is 127 Å². The van der Waals surface area contributed by atoms with Gasteiger partial charge < -0.3 is 10.1 Å². The average molecular weight is 307 g/mol. The minimum atomic E-state index is -0.439. The second-order valence-electron chi connectivity index (χ2n) is 4.33. The minimum absolute atomic E-state index is 0.0225. The van der Waals surface area contributed by atoms with E-state index in [1.807, 2.05) is 30.3 Å². The molecule has 6 heteroatoms. The molecule has 5 nitrogen and oxygen atoms in total. The van der Waals surface area contributed by atoms with Gasteiger partial charge in [0, 0.05) is 12.4 Å². The van der Waals surface area contributed by atoms with Gasteiger partial charge in [0.15, 0.2) is 0 Å². The van der Waals surface area contributed by atoms with Crippen LogP contribution in [0.1, 0.15) is 5.56 Å². The lowest BCUT2D eigenvalue weighted by Gasteiger charge is -2.09. The Bertz CT molecular complexity index is 605. The molecule has 1 N–H and O–H groups in total. The zero-order valence-corrected chi connectivity index (χ0v) is 12.0. The lowest BCUT2D eigenvalue weighted by atomic mass is 10.2. The van der Waals surface area contributed by atoms with Gasteiger partial charge in [0.05, 0.1) is 11.0 Å². The molecule has 2 aromatic carbocycles. The summed E-state index contributed by atoms with van der Waals surface area (Å²) in [5.41, 5.74) is 1.42. The monoisotopic (exact) mass is 306 g/mol. The van der Waals surface area contributed by atoms with E-state index in [4.69, 9.17) is 16.3 Å². The fraction of sp³-hybridized carbons (Fsp3) is 0.200. The fourth-order valence-electron chi connectivity index (χ4n) is 1.82. The summed E-state index contributed by atoms with van der Waals surface area (Å²) in [5, 5.41) is 14.0. The molecule has 0 heterocycles. The zero-order chi connectivity index (χ0) is 15.1. The van der Waals surface area contributed by atoms with Gasteiger partial charge in [0.2, 0.25) is 0 Å². The van der Waals surface area contributed by atoms with Crippen LogP contribution in [0.25, 0.3) is 0 Å². The average Bonchev–Trinajstić information content (AvgIpc) is 2.52. The number of alkyl halides is 1. The van der Waals surface area contributed by atoms with Gasteiger partial charge in [-0.2, -0.15) is 0 Å². The Morgan fingerprint density at radius 1 is 1.19 bits per heavy atom. The van der Waals surface area contributed by atoms with Crippen LogP contribution in [-0.2, 0) is 6.61 Å². The summed E-state index contributed by atoms with van der Waals surface area (Å²) in [7, 11) is 0. The molecule has 0 saturated heterocycles. The predicted molar refractivity (Wildman–Crippen MR) is 83.1 cm³/mol. The predicted octanol–water partition coefficient (Wildman–Crippen LogP) is 3.82. The maximum absolute atomic E-state index is 11.1. The van der Waals surface area contributed by atoms with Gasteiger partial charge in [-0.1, -0.05) is 30.3 Å². The molecule has 2 aromatic rings. The number of halogens is 1. The summed E-state index contributed by atoms with van der Waals surface area (Å²) >= 11 is 5.58. The summed E-state index contributed by atoms with van der Waals surface area (Å²) in [6, 6.07) is 14.4. The van der Waals surface area contributed by atoms with Crippen molar-refractivity contribution in [3.8, 4) is 5.75 Å². The first-order valence-electron chi connectivity index (χ1n) is 6.45. The molecule has 110 valence electrons. The third-order valence-electron chi connectivity index (χ3n) is 2.82.